The van der Waals surface area contributed by atoms with Gasteiger partial charge in [0.25, 0.3) is 5.91 Å². The molecule has 0 radical (unpaired) electrons. The summed E-state index contributed by atoms with van der Waals surface area (Å²) in [5, 5.41) is 3.63. The van der Waals surface area contributed by atoms with Gasteiger partial charge in [-0.1, -0.05) is 43.5 Å². The topological polar surface area (TPSA) is 38.3 Å². The lowest BCUT2D eigenvalue weighted by Crippen LogP contribution is -2.46. The molecule has 4 heteroatoms. The molecule has 0 unspecified atom stereocenters. The van der Waals surface area contributed by atoms with Crippen molar-refractivity contribution in [2.45, 2.75) is 51.7 Å². The summed E-state index contributed by atoms with van der Waals surface area (Å²) in [4.78, 5) is 12.2. The number of halogens is 1. The number of para-hydroxylation sites is 1. The maximum Gasteiger partial charge on any atom is 0.261 e. The van der Waals surface area contributed by atoms with E-state index in [0.29, 0.717) is 16.7 Å². The highest BCUT2D eigenvalue weighted by Crippen LogP contribution is 2.25. The van der Waals surface area contributed by atoms with Crippen LogP contribution in [0.1, 0.15) is 39.5 Å². The zero-order valence-corrected chi connectivity index (χ0v) is 12.8. The molecule has 1 aliphatic rings. The molecule has 110 valence electrons. The Morgan fingerprint density at radius 2 is 2.05 bits per heavy atom. The second-order valence-electron chi connectivity index (χ2n) is 5.57. The van der Waals surface area contributed by atoms with E-state index in [9.17, 15) is 4.79 Å². The van der Waals surface area contributed by atoms with Crippen LogP contribution >= 0.6 is 11.6 Å². The van der Waals surface area contributed by atoms with Gasteiger partial charge in [0.1, 0.15) is 5.75 Å². The molecule has 0 aromatic heterocycles. The van der Waals surface area contributed by atoms with Crippen LogP contribution in [-0.2, 0) is 4.79 Å². The van der Waals surface area contributed by atoms with Crippen LogP contribution < -0.4 is 10.1 Å². The number of ether oxygens (including phenoxy) is 1. The largest absolute Gasteiger partial charge is 0.479 e. The van der Waals surface area contributed by atoms with Crippen molar-refractivity contribution in [3.63, 3.8) is 0 Å². The second-order valence-corrected chi connectivity index (χ2v) is 5.97. The molecule has 1 N–H and O–H groups in total. The monoisotopic (exact) mass is 295 g/mol. The van der Waals surface area contributed by atoms with Crippen LogP contribution in [0.5, 0.6) is 5.75 Å². The van der Waals surface area contributed by atoms with E-state index < -0.39 is 6.10 Å². The number of nitrogens with one attached hydrogen (secondary N) is 1. The summed E-state index contributed by atoms with van der Waals surface area (Å²) in [6.07, 6.45) is 4.16. The average Bonchev–Trinajstić information content (AvgIpc) is 2.43. The van der Waals surface area contributed by atoms with Gasteiger partial charge in [-0.25, -0.2) is 0 Å². The van der Waals surface area contributed by atoms with E-state index in [-0.39, 0.29) is 11.9 Å². The minimum atomic E-state index is -0.538. The SMILES string of the molecule is C[C@@H]1CCCC[C@@H]1NC(=O)[C@@H](C)Oc1ccccc1Cl. The summed E-state index contributed by atoms with van der Waals surface area (Å²) in [5.74, 6) is 1.03. The molecule has 3 nitrogen and oxygen atoms in total. The smallest absolute Gasteiger partial charge is 0.261 e. The Morgan fingerprint density at radius 1 is 1.35 bits per heavy atom. The quantitative estimate of drug-likeness (QED) is 0.917. The molecule has 0 saturated heterocycles. The Bertz CT molecular complexity index is 464. The lowest BCUT2D eigenvalue weighted by molar-refractivity contribution is -0.128. The molecule has 0 aliphatic heterocycles. The molecule has 0 spiro atoms. The van der Waals surface area contributed by atoms with Crippen molar-refractivity contribution in [1.29, 1.82) is 0 Å². The summed E-state index contributed by atoms with van der Waals surface area (Å²) < 4.78 is 5.64. The van der Waals surface area contributed by atoms with E-state index in [1.54, 1.807) is 19.1 Å². The number of amides is 1. The van der Waals surface area contributed by atoms with Gasteiger partial charge in [0.2, 0.25) is 0 Å². The molecule has 1 aliphatic carbocycles. The van der Waals surface area contributed by atoms with E-state index in [4.69, 9.17) is 16.3 Å². The highest BCUT2D eigenvalue weighted by molar-refractivity contribution is 6.32. The van der Waals surface area contributed by atoms with Gasteiger partial charge in [-0.15, -0.1) is 0 Å². The number of carbonyl (C=O) groups excluding carboxylic acids is 1. The first-order valence-electron chi connectivity index (χ1n) is 7.29. The highest BCUT2D eigenvalue weighted by atomic mass is 35.5. The van der Waals surface area contributed by atoms with Gasteiger partial charge in [-0.05, 0) is 37.8 Å². The molecule has 0 bridgehead atoms. The molecule has 2 rings (SSSR count). The number of benzene rings is 1. The van der Waals surface area contributed by atoms with E-state index in [1.165, 1.54) is 19.3 Å². The van der Waals surface area contributed by atoms with Gasteiger partial charge < -0.3 is 10.1 Å². The van der Waals surface area contributed by atoms with Crippen LogP contribution in [0.25, 0.3) is 0 Å². The molecule has 1 aromatic rings. The van der Waals surface area contributed by atoms with Gasteiger partial charge in [0.15, 0.2) is 6.10 Å². The fourth-order valence-corrected chi connectivity index (χ4v) is 2.80. The predicted molar refractivity (Wildman–Crippen MR) is 81.1 cm³/mol. The van der Waals surface area contributed by atoms with Crippen molar-refractivity contribution < 1.29 is 9.53 Å². The van der Waals surface area contributed by atoms with Crippen LogP contribution in [0, 0.1) is 5.92 Å². The first-order valence-corrected chi connectivity index (χ1v) is 7.67. The Morgan fingerprint density at radius 3 is 2.75 bits per heavy atom. The fraction of sp³-hybridized carbons (Fsp3) is 0.562. The lowest BCUT2D eigenvalue weighted by atomic mass is 9.86. The summed E-state index contributed by atoms with van der Waals surface area (Å²) >= 11 is 6.03. The van der Waals surface area contributed by atoms with E-state index in [2.05, 4.69) is 12.2 Å². The zero-order chi connectivity index (χ0) is 14.5. The number of hydrogen-bond donors (Lipinski definition) is 1. The van der Waals surface area contributed by atoms with Crippen molar-refractivity contribution in [3.8, 4) is 5.75 Å². The minimum absolute atomic E-state index is 0.0660. The summed E-state index contributed by atoms with van der Waals surface area (Å²) in [7, 11) is 0. The molecule has 1 aromatic carbocycles. The maximum absolute atomic E-state index is 12.2. The van der Waals surface area contributed by atoms with Crippen molar-refractivity contribution in [1.82, 2.24) is 5.32 Å². The molecular formula is C16H22ClNO2. The zero-order valence-electron chi connectivity index (χ0n) is 12.1. The van der Waals surface area contributed by atoms with Crippen LogP contribution in [-0.4, -0.2) is 18.1 Å². The van der Waals surface area contributed by atoms with E-state index in [1.807, 2.05) is 12.1 Å². The predicted octanol–water partition coefficient (Wildman–Crippen LogP) is 3.80. The van der Waals surface area contributed by atoms with Crippen LogP contribution in [0.3, 0.4) is 0 Å². The number of carbonyl (C=O) groups is 1. The molecule has 20 heavy (non-hydrogen) atoms. The molecular weight excluding hydrogens is 274 g/mol. The van der Waals surface area contributed by atoms with Crippen LogP contribution in [0.15, 0.2) is 24.3 Å². The van der Waals surface area contributed by atoms with Crippen molar-refractivity contribution in [2.75, 3.05) is 0 Å². The third kappa shape index (κ3) is 3.89. The minimum Gasteiger partial charge on any atom is -0.479 e. The normalized spacial score (nSPS) is 23.9. The Labute approximate surface area is 125 Å². The Kier molecular flexibility index (Phi) is 5.30. The van der Waals surface area contributed by atoms with E-state index in [0.717, 1.165) is 6.42 Å². The maximum atomic E-state index is 12.2. The van der Waals surface area contributed by atoms with Crippen molar-refractivity contribution >= 4 is 17.5 Å². The summed E-state index contributed by atoms with van der Waals surface area (Å²) in [5.41, 5.74) is 0. The van der Waals surface area contributed by atoms with Gasteiger partial charge in [0.05, 0.1) is 5.02 Å². The molecule has 1 fully saturated rings. The van der Waals surface area contributed by atoms with Gasteiger partial charge in [0, 0.05) is 6.04 Å². The van der Waals surface area contributed by atoms with E-state index >= 15 is 0 Å². The molecule has 0 heterocycles. The second kappa shape index (κ2) is 6.98. The Hall–Kier alpha value is -1.22. The first kappa shape index (κ1) is 15.2. The highest BCUT2D eigenvalue weighted by Gasteiger charge is 2.25. The molecule has 3 atom stereocenters. The van der Waals surface area contributed by atoms with Crippen molar-refractivity contribution in [3.05, 3.63) is 29.3 Å². The summed E-state index contributed by atoms with van der Waals surface area (Å²) in [6, 6.07) is 7.48. The van der Waals surface area contributed by atoms with Crippen LogP contribution in [0.2, 0.25) is 5.02 Å². The standard InChI is InChI=1S/C16H22ClNO2/c1-11-7-3-5-9-14(11)18-16(19)12(2)20-15-10-6-4-8-13(15)17/h4,6,8,10-12,14H,3,5,7,9H2,1-2H3,(H,18,19)/t11-,12-,14+/m1/s1. The van der Waals surface area contributed by atoms with Gasteiger partial charge in [-0.3, -0.25) is 4.79 Å². The summed E-state index contributed by atoms with van der Waals surface area (Å²) in [6.45, 7) is 3.95. The van der Waals surface area contributed by atoms with Crippen molar-refractivity contribution in [2.24, 2.45) is 5.92 Å². The number of hydrogen-bond acceptors (Lipinski definition) is 2. The average molecular weight is 296 g/mol. The van der Waals surface area contributed by atoms with Gasteiger partial charge in [-0.2, -0.15) is 0 Å². The molecule has 1 amide bonds. The lowest BCUT2D eigenvalue weighted by Gasteiger charge is -2.30. The Balaban J connectivity index is 1.90. The molecule has 1 saturated carbocycles. The third-order valence-corrected chi connectivity index (χ3v) is 4.26. The van der Waals surface area contributed by atoms with Gasteiger partial charge >= 0.3 is 0 Å². The third-order valence-electron chi connectivity index (χ3n) is 3.95. The first-order chi connectivity index (χ1) is 9.58. The van der Waals surface area contributed by atoms with Crippen LogP contribution in [0.4, 0.5) is 0 Å². The number of rotatable bonds is 4. The fourth-order valence-electron chi connectivity index (χ4n) is 2.62.